The summed E-state index contributed by atoms with van der Waals surface area (Å²) < 4.78 is 13.1. The highest BCUT2D eigenvalue weighted by Crippen LogP contribution is 2.22. The number of nitrogens with zero attached hydrogens (tertiary/aromatic N) is 1. The number of pyridine rings is 1. The molecule has 0 saturated heterocycles. The van der Waals surface area contributed by atoms with Gasteiger partial charge in [-0.05, 0) is 36.6 Å². The molecule has 0 spiro atoms. The summed E-state index contributed by atoms with van der Waals surface area (Å²) in [4.78, 5) is 4.46. The van der Waals surface area contributed by atoms with Crippen molar-refractivity contribution in [2.24, 2.45) is 0 Å². The molecule has 0 N–H and O–H groups in total. The number of benzene rings is 1. The maximum Gasteiger partial charge on any atom is 0.125 e. The second-order valence-electron chi connectivity index (χ2n) is 4.18. The summed E-state index contributed by atoms with van der Waals surface area (Å²) in [6.07, 6.45) is 0. The van der Waals surface area contributed by atoms with Crippen molar-refractivity contribution in [3.63, 3.8) is 0 Å². The van der Waals surface area contributed by atoms with Crippen LogP contribution < -0.4 is 0 Å². The zero-order valence-electron chi connectivity index (χ0n) is 9.21. The molecule has 0 radical (unpaired) electrons. The van der Waals surface area contributed by atoms with Crippen LogP contribution in [0.5, 0.6) is 0 Å². The Morgan fingerprint density at radius 2 is 1.93 bits per heavy atom. The van der Waals surface area contributed by atoms with E-state index in [1.54, 1.807) is 6.07 Å². The van der Waals surface area contributed by atoms with Gasteiger partial charge in [0, 0.05) is 17.1 Å². The van der Waals surface area contributed by atoms with Gasteiger partial charge in [0.15, 0.2) is 0 Å². The summed E-state index contributed by atoms with van der Waals surface area (Å²) in [6.45, 7) is 6.22. The lowest BCUT2D eigenvalue weighted by Gasteiger charge is -2.08. The first-order valence-electron chi connectivity index (χ1n) is 5.14. The lowest BCUT2D eigenvalue weighted by Crippen LogP contribution is -1.95. The van der Waals surface area contributed by atoms with Gasteiger partial charge in [-0.3, -0.25) is 4.98 Å². The van der Waals surface area contributed by atoms with Crippen LogP contribution in [0.1, 0.15) is 31.0 Å². The molecule has 1 heterocycles. The molecule has 0 saturated carbocycles. The van der Waals surface area contributed by atoms with Gasteiger partial charge in [0.1, 0.15) is 5.82 Å². The fourth-order valence-corrected chi connectivity index (χ4v) is 1.70. The lowest BCUT2D eigenvalue weighted by molar-refractivity contribution is 0.629. The molecular formula is C13H14FN. The second-order valence-corrected chi connectivity index (χ2v) is 4.18. The number of aryl methyl sites for hydroxylation is 1. The van der Waals surface area contributed by atoms with E-state index in [9.17, 15) is 4.39 Å². The minimum Gasteiger partial charge on any atom is -0.252 e. The van der Waals surface area contributed by atoms with Crippen LogP contribution in [0.4, 0.5) is 4.39 Å². The maximum absolute atomic E-state index is 13.1. The van der Waals surface area contributed by atoms with Crippen LogP contribution in [-0.2, 0) is 0 Å². The van der Waals surface area contributed by atoms with Crippen molar-refractivity contribution in [3.05, 3.63) is 41.3 Å². The normalized spacial score (nSPS) is 11.3. The Morgan fingerprint density at radius 1 is 1.20 bits per heavy atom. The number of hydrogen-bond donors (Lipinski definition) is 0. The van der Waals surface area contributed by atoms with Crippen LogP contribution in [0, 0.1) is 12.7 Å². The zero-order chi connectivity index (χ0) is 11.0. The van der Waals surface area contributed by atoms with Gasteiger partial charge in [-0.2, -0.15) is 0 Å². The standard InChI is InChI=1S/C13H14FN/c1-8(2)12-6-9(3)11-5-4-10(14)7-13(11)15-12/h4-8H,1-3H3. The summed E-state index contributed by atoms with van der Waals surface area (Å²) in [5, 5.41) is 1.03. The van der Waals surface area contributed by atoms with Crippen molar-refractivity contribution in [2.75, 3.05) is 0 Å². The van der Waals surface area contributed by atoms with Gasteiger partial charge in [0.25, 0.3) is 0 Å². The molecule has 0 aliphatic carbocycles. The largest absolute Gasteiger partial charge is 0.252 e. The second kappa shape index (κ2) is 3.61. The Balaban J connectivity index is 2.74. The van der Waals surface area contributed by atoms with E-state index in [0.29, 0.717) is 5.92 Å². The van der Waals surface area contributed by atoms with E-state index in [0.717, 1.165) is 22.2 Å². The number of rotatable bonds is 1. The van der Waals surface area contributed by atoms with Gasteiger partial charge in [0.2, 0.25) is 0 Å². The summed E-state index contributed by atoms with van der Waals surface area (Å²) >= 11 is 0. The van der Waals surface area contributed by atoms with Gasteiger partial charge in [-0.1, -0.05) is 13.8 Å². The monoisotopic (exact) mass is 203 g/mol. The number of aromatic nitrogens is 1. The molecule has 2 heteroatoms. The summed E-state index contributed by atoms with van der Waals surface area (Å²) in [7, 11) is 0. The SMILES string of the molecule is Cc1cc(C(C)C)nc2cc(F)ccc12. The van der Waals surface area contributed by atoms with E-state index in [1.165, 1.54) is 12.1 Å². The molecule has 0 fully saturated rings. The van der Waals surface area contributed by atoms with Crippen LogP contribution in [0.3, 0.4) is 0 Å². The Kier molecular flexibility index (Phi) is 2.43. The van der Waals surface area contributed by atoms with E-state index in [4.69, 9.17) is 0 Å². The highest BCUT2D eigenvalue weighted by atomic mass is 19.1. The minimum absolute atomic E-state index is 0.227. The average Bonchev–Trinajstić information content (AvgIpc) is 2.16. The Morgan fingerprint density at radius 3 is 2.60 bits per heavy atom. The van der Waals surface area contributed by atoms with Gasteiger partial charge < -0.3 is 0 Å². The molecule has 1 nitrogen and oxygen atoms in total. The fraction of sp³-hybridized carbons (Fsp3) is 0.308. The zero-order valence-corrected chi connectivity index (χ0v) is 9.21. The van der Waals surface area contributed by atoms with E-state index in [-0.39, 0.29) is 5.82 Å². The first-order chi connectivity index (χ1) is 7.08. The van der Waals surface area contributed by atoms with Crippen LogP contribution in [-0.4, -0.2) is 4.98 Å². The molecule has 0 atom stereocenters. The van der Waals surface area contributed by atoms with Crippen LogP contribution in [0.25, 0.3) is 10.9 Å². The first kappa shape index (κ1) is 10.1. The van der Waals surface area contributed by atoms with Crippen molar-refractivity contribution in [3.8, 4) is 0 Å². The number of fused-ring (bicyclic) bond motifs is 1. The average molecular weight is 203 g/mol. The maximum atomic E-state index is 13.1. The fourth-order valence-electron chi connectivity index (χ4n) is 1.70. The molecule has 1 aromatic carbocycles. The molecule has 1 aromatic heterocycles. The third-order valence-corrected chi connectivity index (χ3v) is 2.59. The van der Waals surface area contributed by atoms with Crippen molar-refractivity contribution in [1.29, 1.82) is 0 Å². The van der Waals surface area contributed by atoms with E-state index < -0.39 is 0 Å². The topological polar surface area (TPSA) is 12.9 Å². The Labute approximate surface area is 89.0 Å². The molecule has 0 aliphatic heterocycles. The van der Waals surface area contributed by atoms with Crippen molar-refractivity contribution >= 4 is 10.9 Å². The van der Waals surface area contributed by atoms with Gasteiger partial charge in [0.05, 0.1) is 5.52 Å². The number of hydrogen-bond acceptors (Lipinski definition) is 1. The molecule has 0 bridgehead atoms. The van der Waals surface area contributed by atoms with Crippen LogP contribution >= 0.6 is 0 Å². The molecule has 15 heavy (non-hydrogen) atoms. The van der Waals surface area contributed by atoms with Crippen molar-refractivity contribution < 1.29 is 4.39 Å². The molecule has 0 aliphatic rings. The van der Waals surface area contributed by atoms with Gasteiger partial charge in [-0.15, -0.1) is 0 Å². The Bertz CT molecular complexity index is 503. The summed E-state index contributed by atoms with van der Waals surface area (Å²) in [6, 6.07) is 6.84. The highest BCUT2D eigenvalue weighted by molar-refractivity contribution is 5.82. The Hall–Kier alpha value is -1.44. The molecular weight excluding hydrogens is 189 g/mol. The lowest BCUT2D eigenvalue weighted by atomic mass is 10.0. The molecule has 2 rings (SSSR count). The number of halogens is 1. The first-order valence-corrected chi connectivity index (χ1v) is 5.14. The minimum atomic E-state index is -0.227. The molecule has 78 valence electrons. The quantitative estimate of drug-likeness (QED) is 0.686. The summed E-state index contributed by atoms with van der Waals surface area (Å²) in [5.41, 5.74) is 2.92. The van der Waals surface area contributed by atoms with Gasteiger partial charge >= 0.3 is 0 Å². The molecule has 0 unspecified atom stereocenters. The third-order valence-electron chi connectivity index (χ3n) is 2.59. The molecule has 0 amide bonds. The predicted molar refractivity (Wildman–Crippen MR) is 60.5 cm³/mol. The smallest absolute Gasteiger partial charge is 0.125 e. The van der Waals surface area contributed by atoms with Gasteiger partial charge in [-0.25, -0.2) is 4.39 Å². The van der Waals surface area contributed by atoms with Crippen molar-refractivity contribution in [1.82, 2.24) is 4.98 Å². The van der Waals surface area contributed by atoms with E-state index in [2.05, 4.69) is 24.9 Å². The van der Waals surface area contributed by atoms with Crippen molar-refractivity contribution in [2.45, 2.75) is 26.7 Å². The van der Waals surface area contributed by atoms with Crippen LogP contribution in [0.2, 0.25) is 0 Å². The van der Waals surface area contributed by atoms with Crippen LogP contribution in [0.15, 0.2) is 24.3 Å². The summed E-state index contributed by atoms with van der Waals surface area (Å²) in [5.74, 6) is 0.145. The predicted octanol–water partition coefficient (Wildman–Crippen LogP) is 3.81. The van der Waals surface area contributed by atoms with E-state index in [1.807, 2.05) is 6.92 Å². The highest BCUT2D eigenvalue weighted by Gasteiger charge is 2.06. The third kappa shape index (κ3) is 1.84. The van der Waals surface area contributed by atoms with E-state index >= 15 is 0 Å². The molecule has 2 aromatic rings.